The molecule has 1 amide bonds. The van der Waals surface area contributed by atoms with E-state index < -0.39 is 12.8 Å². The highest BCUT2D eigenvalue weighted by atomic mass is 19.4. The Morgan fingerprint density at radius 2 is 1.97 bits per heavy atom. The standard InChI is InChI=1S/C20H19F3N4O2/c1-11-17-15(9-16(12-3-4-12)25-18(17)27(2)26-11)19(28)24-13-5-7-14(8-6-13)29-10-20(21,22)23/h5-9,12H,3-4,10H2,1-2H3,(H,24,28). The van der Waals surface area contributed by atoms with Crippen LogP contribution in [0.2, 0.25) is 0 Å². The third-order valence-electron chi connectivity index (χ3n) is 4.74. The van der Waals surface area contributed by atoms with Gasteiger partial charge in [-0.25, -0.2) is 4.98 Å². The number of pyridine rings is 1. The average molecular weight is 404 g/mol. The summed E-state index contributed by atoms with van der Waals surface area (Å²) < 4.78 is 43.1. The molecule has 2 heterocycles. The maximum Gasteiger partial charge on any atom is 0.422 e. The number of ether oxygens (including phenoxy) is 1. The number of amides is 1. The number of carbonyl (C=O) groups excluding carboxylic acids is 1. The van der Waals surface area contributed by atoms with Crippen LogP contribution in [-0.2, 0) is 7.05 Å². The first-order valence-corrected chi connectivity index (χ1v) is 9.16. The van der Waals surface area contributed by atoms with Crippen molar-refractivity contribution in [2.24, 2.45) is 7.05 Å². The van der Waals surface area contributed by atoms with Crippen molar-refractivity contribution < 1.29 is 22.7 Å². The minimum absolute atomic E-state index is 0.0748. The van der Waals surface area contributed by atoms with Gasteiger partial charge in [-0.3, -0.25) is 9.48 Å². The Balaban J connectivity index is 1.58. The van der Waals surface area contributed by atoms with E-state index in [-0.39, 0.29) is 11.7 Å². The molecule has 0 spiro atoms. The number of aryl methyl sites for hydroxylation is 2. The maximum absolute atomic E-state index is 13.0. The fourth-order valence-corrected chi connectivity index (χ4v) is 3.23. The first-order valence-electron chi connectivity index (χ1n) is 9.16. The Bertz CT molecular complexity index is 1070. The van der Waals surface area contributed by atoms with E-state index in [4.69, 9.17) is 0 Å². The molecule has 1 fully saturated rings. The minimum Gasteiger partial charge on any atom is -0.484 e. The summed E-state index contributed by atoms with van der Waals surface area (Å²) in [6, 6.07) is 7.58. The van der Waals surface area contributed by atoms with Crippen LogP contribution >= 0.6 is 0 Å². The van der Waals surface area contributed by atoms with Crippen LogP contribution in [0.15, 0.2) is 30.3 Å². The average Bonchev–Trinajstić information content (AvgIpc) is 3.47. The number of nitrogens with zero attached hydrogens (tertiary/aromatic N) is 3. The second kappa shape index (κ2) is 7.06. The van der Waals surface area contributed by atoms with Gasteiger partial charge in [0.25, 0.3) is 5.91 Å². The topological polar surface area (TPSA) is 69.0 Å². The monoisotopic (exact) mass is 404 g/mol. The molecule has 0 bridgehead atoms. The Morgan fingerprint density at radius 3 is 2.59 bits per heavy atom. The van der Waals surface area contributed by atoms with Gasteiger partial charge in [0, 0.05) is 24.3 Å². The Hall–Kier alpha value is -3.10. The van der Waals surface area contributed by atoms with E-state index in [0.29, 0.717) is 33.9 Å². The van der Waals surface area contributed by atoms with Gasteiger partial charge in [0.05, 0.1) is 16.6 Å². The van der Waals surface area contributed by atoms with Crippen molar-refractivity contribution in [2.45, 2.75) is 31.9 Å². The van der Waals surface area contributed by atoms with E-state index in [1.807, 2.05) is 13.0 Å². The molecule has 0 radical (unpaired) electrons. The van der Waals surface area contributed by atoms with Gasteiger partial charge in [0.15, 0.2) is 12.3 Å². The fourth-order valence-electron chi connectivity index (χ4n) is 3.23. The van der Waals surface area contributed by atoms with Crippen LogP contribution in [0.3, 0.4) is 0 Å². The highest BCUT2D eigenvalue weighted by molar-refractivity contribution is 6.12. The molecule has 152 valence electrons. The number of rotatable bonds is 5. The van der Waals surface area contributed by atoms with Crippen molar-refractivity contribution in [2.75, 3.05) is 11.9 Å². The lowest BCUT2D eigenvalue weighted by Gasteiger charge is -2.11. The lowest BCUT2D eigenvalue weighted by atomic mass is 10.1. The molecule has 2 aromatic heterocycles. The van der Waals surface area contributed by atoms with Crippen molar-refractivity contribution in [3.63, 3.8) is 0 Å². The van der Waals surface area contributed by atoms with Gasteiger partial charge in [-0.1, -0.05) is 0 Å². The van der Waals surface area contributed by atoms with Crippen LogP contribution in [0.1, 0.15) is 40.5 Å². The van der Waals surface area contributed by atoms with E-state index in [1.54, 1.807) is 11.7 Å². The molecule has 1 aliphatic carbocycles. The van der Waals surface area contributed by atoms with Gasteiger partial charge in [0.2, 0.25) is 0 Å². The number of nitrogens with one attached hydrogen (secondary N) is 1. The van der Waals surface area contributed by atoms with Gasteiger partial charge < -0.3 is 10.1 Å². The molecule has 9 heteroatoms. The number of anilines is 1. The quantitative estimate of drug-likeness (QED) is 0.687. The second-order valence-electron chi connectivity index (χ2n) is 7.16. The number of carbonyl (C=O) groups is 1. The summed E-state index contributed by atoms with van der Waals surface area (Å²) in [5.41, 5.74) is 3.18. The second-order valence-corrected chi connectivity index (χ2v) is 7.16. The first kappa shape index (κ1) is 19.2. The summed E-state index contributed by atoms with van der Waals surface area (Å²) >= 11 is 0. The highest BCUT2D eigenvalue weighted by Gasteiger charge is 2.29. The fraction of sp³-hybridized carbons (Fsp3) is 0.350. The SMILES string of the molecule is Cc1nn(C)c2nc(C3CC3)cc(C(=O)Nc3ccc(OCC(F)(F)F)cc3)c12. The van der Waals surface area contributed by atoms with E-state index in [0.717, 1.165) is 18.5 Å². The molecular formula is C20H19F3N4O2. The number of alkyl halides is 3. The van der Waals surface area contributed by atoms with Crippen molar-refractivity contribution >= 4 is 22.6 Å². The molecule has 3 aromatic rings. The predicted octanol–water partition coefficient (Wildman–Crippen LogP) is 4.35. The zero-order valence-electron chi connectivity index (χ0n) is 15.9. The Labute approximate surface area is 164 Å². The molecule has 0 unspecified atom stereocenters. The number of fused-ring (bicyclic) bond motifs is 1. The molecule has 29 heavy (non-hydrogen) atoms. The summed E-state index contributed by atoms with van der Waals surface area (Å²) in [7, 11) is 1.79. The number of hydrogen-bond acceptors (Lipinski definition) is 4. The number of aromatic nitrogens is 3. The number of halogens is 3. The summed E-state index contributed by atoms with van der Waals surface area (Å²) in [4.78, 5) is 17.6. The van der Waals surface area contributed by atoms with Crippen LogP contribution < -0.4 is 10.1 Å². The summed E-state index contributed by atoms with van der Waals surface area (Å²) in [6.45, 7) is 0.461. The van der Waals surface area contributed by atoms with Crippen molar-refractivity contribution in [1.82, 2.24) is 14.8 Å². The molecule has 1 aliphatic rings. The zero-order valence-corrected chi connectivity index (χ0v) is 15.9. The molecule has 0 saturated heterocycles. The summed E-state index contributed by atoms with van der Waals surface area (Å²) in [6.07, 6.45) is -2.30. The van der Waals surface area contributed by atoms with Gasteiger partial charge in [-0.2, -0.15) is 18.3 Å². The molecule has 4 rings (SSSR count). The van der Waals surface area contributed by atoms with Crippen molar-refractivity contribution in [1.29, 1.82) is 0 Å². The largest absolute Gasteiger partial charge is 0.484 e. The van der Waals surface area contributed by atoms with Gasteiger partial charge >= 0.3 is 6.18 Å². The normalized spacial score (nSPS) is 14.2. The predicted molar refractivity (Wildman–Crippen MR) is 101 cm³/mol. The van der Waals surface area contributed by atoms with Crippen LogP contribution in [0, 0.1) is 6.92 Å². The van der Waals surface area contributed by atoms with Crippen molar-refractivity contribution in [3.8, 4) is 5.75 Å². The highest BCUT2D eigenvalue weighted by Crippen LogP contribution is 2.40. The van der Waals surface area contributed by atoms with Crippen LogP contribution in [0.25, 0.3) is 11.0 Å². The van der Waals surface area contributed by atoms with Crippen LogP contribution in [0.4, 0.5) is 18.9 Å². The molecule has 1 saturated carbocycles. The smallest absolute Gasteiger partial charge is 0.422 e. The molecule has 0 atom stereocenters. The number of benzene rings is 1. The lowest BCUT2D eigenvalue weighted by molar-refractivity contribution is -0.153. The van der Waals surface area contributed by atoms with Crippen molar-refractivity contribution in [3.05, 3.63) is 47.3 Å². The Kier molecular flexibility index (Phi) is 4.68. The van der Waals surface area contributed by atoms with Gasteiger partial charge in [-0.15, -0.1) is 0 Å². The molecular weight excluding hydrogens is 385 g/mol. The first-order chi connectivity index (χ1) is 13.7. The zero-order chi connectivity index (χ0) is 20.8. The van der Waals surface area contributed by atoms with Crippen LogP contribution in [0.5, 0.6) is 5.75 Å². The van der Waals surface area contributed by atoms with E-state index in [9.17, 15) is 18.0 Å². The lowest BCUT2D eigenvalue weighted by Crippen LogP contribution is -2.19. The third-order valence-corrected chi connectivity index (χ3v) is 4.74. The molecule has 6 nitrogen and oxygen atoms in total. The third kappa shape index (κ3) is 4.18. The summed E-state index contributed by atoms with van der Waals surface area (Å²) in [5.74, 6) is 0.122. The maximum atomic E-state index is 13.0. The van der Waals surface area contributed by atoms with E-state index in [2.05, 4.69) is 20.1 Å². The van der Waals surface area contributed by atoms with Crippen LogP contribution in [-0.4, -0.2) is 33.5 Å². The molecule has 1 aromatic carbocycles. The molecule has 0 aliphatic heterocycles. The number of hydrogen-bond donors (Lipinski definition) is 1. The summed E-state index contributed by atoms with van der Waals surface area (Å²) in [5, 5.41) is 7.86. The van der Waals surface area contributed by atoms with E-state index >= 15 is 0 Å². The van der Waals surface area contributed by atoms with Gasteiger partial charge in [-0.05, 0) is 50.1 Å². The van der Waals surface area contributed by atoms with Gasteiger partial charge in [0.1, 0.15) is 5.75 Å². The Morgan fingerprint density at radius 1 is 1.28 bits per heavy atom. The molecule has 1 N–H and O–H groups in total. The van der Waals surface area contributed by atoms with E-state index in [1.165, 1.54) is 24.3 Å². The minimum atomic E-state index is -4.40.